The van der Waals surface area contributed by atoms with Crippen molar-refractivity contribution < 1.29 is 8.95 Å². The largest absolute Gasteiger partial charge is 0.377 e. The maximum Gasteiger partial charge on any atom is 0.0691 e. The van der Waals surface area contributed by atoms with Crippen molar-refractivity contribution in [3.63, 3.8) is 0 Å². The molecule has 17 heavy (non-hydrogen) atoms. The van der Waals surface area contributed by atoms with Crippen LogP contribution >= 0.6 is 0 Å². The number of hydrogen-bond donors (Lipinski definition) is 1. The van der Waals surface area contributed by atoms with Gasteiger partial charge in [-0.1, -0.05) is 6.92 Å². The summed E-state index contributed by atoms with van der Waals surface area (Å²) in [7, 11) is -0.727. The lowest BCUT2D eigenvalue weighted by Crippen LogP contribution is -2.39. The van der Waals surface area contributed by atoms with Gasteiger partial charge in [0.05, 0.1) is 11.4 Å². The lowest BCUT2D eigenvalue weighted by molar-refractivity contribution is 0.127. The minimum Gasteiger partial charge on any atom is -0.377 e. The Morgan fingerprint density at radius 3 is 2.71 bits per heavy atom. The fourth-order valence-electron chi connectivity index (χ4n) is 2.55. The second-order valence-electron chi connectivity index (χ2n) is 5.35. The van der Waals surface area contributed by atoms with Crippen molar-refractivity contribution in [3.05, 3.63) is 0 Å². The Balaban J connectivity index is 1.82. The van der Waals surface area contributed by atoms with Crippen LogP contribution in [0.15, 0.2) is 0 Å². The highest BCUT2D eigenvalue weighted by atomic mass is 32.2. The first-order valence-corrected chi connectivity index (χ1v) is 8.32. The Hall–Kier alpha value is 0.0700. The summed E-state index contributed by atoms with van der Waals surface area (Å²) in [4.78, 5) is 0. The number of nitrogens with one attached hydrogen (secondary N) is 1. The van der Waals surface area contributed by atoms with Crippen LogP contribution in [0.4, 0.5) is 0 Å². The molecule has 1 N–H and O–H groups in total. The van der Waals surface area contributed by atoms with Gasteiger partial charge in [-0.15, -0.1) is 0 Å². The molecule has 2 aliphatic rings. The van der Waals surface area contributed by atoms with Gasteiger partial charge in [0.2, 0.25) is 0 Å². The Labute approximate surface area is 107 Å². The fourth-order valence-corrected chi connectivity index (χ4v) is 4.40. The van der Waals surface area contributed by atoms with E-state index in [2.05, 4.69) is 19.2 Å². The Morgan fingerprint density at radius 2 is 2.18 bits per heavy atom. The second kappa shape index (κ2) is 6.30. The summed E-state index contributed by atoms with van der Waals surface area (Å²) in [6.45, 7) is 6.07. The molecule has 4 atom stereocenters. The molecule has 0 radical (unpaired) electrons. The van der Waals surface area contributed by atoms with Gasteiger partial charge in [0.25, 0.3) is 0 Å². The van der Waals surface area contributed by atoms with Crippen LogP contribution in [0, 0.1) is 5.92 Å². The quantitative estimate of drug-likeness (QED) is 0.756. The molecule has 3 nitrogen and oxygen atoms in total. The molecule has 0 aromatic heterocycles. The van der Waals surface area contributed by atoms with E-state index < -0.39 is 10.8 Å². The molecule has 4 heteroatoms. The van der Waals surface area contributed by atoms with Gasteiger partial charge in [0.1, 0.15) is 0 Å². The first kappa shape index (κ1) is 13.5. The van der Waals surface area contributed by atoms with Crippen LogP contribution in [0.25, 0.3) is 0 Å². The standard InChI is InChI=1S/C13H25NO2S/c1-3-7-14-12(11-4-5-11)9-17(15)13-6-8-16-10(13)2/h10-14H,3-9H2,1-2H3. The molecule has 1 saturated carbocycles. The van der Waals surface area contributed by atoms with E-state index in [0.717, 1.165) is 37.7 Å². The van der Waals surface area contributed by atoms with Crippen LogP contribution in [-0.2, 0) is 15.5 Å². The van der Waals surface area contributed by atoms with Gasteiger partial charge >= 0.3 is 0 Å². The molecular weight excluding hydrogens is 234 g/mol. The number of ether oxygens (including phenoxy) is 1. The minimum absolute atomic E-state index is 0.182. The SMILES string of the molecule is CCCNC(CS(=O)C1CCOC1C)C1CC1. The maximum atomic E-state index is 12.4. The van der Waals surface area contributed by atoms with Gasteiger partial charge < -0.3 is 10.1 Å². The molecule has 0 spiro atoms. The zero-order chi connectivity index (χ0) is 12.3. The molecule has 1 heterocycles. The highest BCUT2D eigenvalue weighted by Crippen LogP contribution is 2.33. The van der Waals surface area contributed by atoms with Gasteiger partial charge in [-0.2, -0.15) is 0 Å². The van der Waals surface area contributed by atoms with Gasteiger partial charge in [-0.3, -0.25) is 4.21 Å². The van der Waals surface area contributed by atoms with E-state index in [1.807, 2.05) is 0 Å². The fraction of sp³-hybridized carbons (Fsp3) is 1.00. The topological polar surface area (TPSA) is 38.3 Å². The van der Waals surface area contributed by atoms with E-state index >= 15 is 0 Å². The summed E-state index contributed by atoms with van der Waals surface area (Å²) in [5.41, 5.74) is 0. The summed E-state index contributed by atoms with van der Waals surface area (Å²) in [6.07, 6.45) is 4.93. The molecule has 0 aromatic rings. The summed E-state index contributed by atoms with van der Waals surface area (Å²) >= 11 is 0. The Bertz CT molecular complexity index is 268. The van der Waals surface area contributed by atoms with Crippen LogP contribution in [0.1, 0.15) is 39.5 Å². The highest BCUT2D eigenvalue weighted by molar-refractivity contribution is 7.85. The van der Waals surface area contributed by atoms with Gasteiger partial charge in [-0.25, -0.2) is 0 Å². The van der Waals surface area contributed by atoms with Crippen molar-refractivity contribution in [1.29, 1.82) is 0 Å². The van der Waals surface area contributed by atoms with E-state index in [9.17, 15) is 4.21 Å². The molecule has 0 aromatic carbocycles. The van der Waals surface area contributed by atoms with Gasteiger partial charge in [0, 0.05) is 29.2 Å². The van der Waals surface area contributed by atoms with Crippen LogP contribution in [0.5, 0.6) is 0 Å². The average molecular weight is 259 g/mol. The van der Waals surface area contributed by atoms with Crippen LogP contribution in [0.2, 0.25) is 0 Å². The Morgan fingerprint density at radius 1 is 1.41 bits per heavy atom. The molecule has 0 bridgehead atoms. The third-order valence-corrected chi connectivity index (χ3v) is 5.82. The van der Waals surface area contributed by atoms with Crippen LogP contribution in [0.3, 0.4) is 0 Å². The minimum atomic E-state index is -0.727. The van der Waals surface area contributed by atoms with Gasteiger partial charge in [-0.05, 0) is 45.1 Å². The molecule has 1 aliphatic carbocycles. The van der Waals surface area contributed by atoms with E-state index in [-0.39, 0.29) is 11.4 Å². The smallest absolute Gasteiger partial charge is 0.0691 e. The van der Waals surface area contributed by atoms with Gasteiger partial charge in [0.15, 0.2) is 0 Å². The van der Waals surface area contributed by atoms with Crippen LogP contribution in [-0.4, -0.2) is 40.5 Å². The molecule has 100 valence electrons. The van der Waals surface area contributed by atoms with E-state index in [1.54, 1.807) is 0 Å². The molecule has 1 saturated heterocycles. The van der Waals surface area contributed by atoms with Crippen molar-refractivity contribution >= 4 is 10.8 Å². The van der Waals surface area contributed by atoms with Crippen molar-refractivity contribution in [3.8, 4) is 0 Å². The number of rotatable bonds is 7. The monoisotopic (exact) mass is 259 g/mol. The highest BCUT2D eigenvalue weighted by Gasteiger charge is 2.36. The lowest BCUT2D eigenvalue weighted by atomic mass is 10.2. The zero-order valence-electron chi connectivity index (χ0n) is 11.0. The second-order valence-corrected chi connectivity index (χ2v) is 7.05. The molecule has 1 aliphatic heterocycles. The number of hydrogen-bond acceptors (Lipinski definition) is 3. The van der Waals surface area contributed by atoms with E-state index in [1.165, 1.54) is 12.8 Å². The summed E-state index contributed by atoms with van der Waals surface area (Å²) < 4.78 is 17.9. The lowest BCUT2D eigenvalue weighted by Gasteiger charge is -2.21. The predicted molar refractivity (Wildman–Crippen MR) is 71.6 cm³/mol. The maximum absolute atomic E-state index is 12.4. The van der Waals surface area contributed by atoms with Crippen LogP contribution < -0.4 is 5.32 Å². The molecule has 2 fully saturated rings. The first-order chi connectivity index (χ1) is 8.22. The Kier molecular flexibility index (Phi) is 5.00. The normalized spacial score (nSPS) is 32.6. The third-order valence-electron chi connectivity index (χ3n) is 3.84. The van der Waals surface area contributed by atoms with E-state index in [4.69, 9.17) is 4.74 Å². The summed E-state index contributed by atoms with van der Waals surface area (Å²) in [5.74, 6) is 1.60. The molecule has 0 amide bonds. The first-order valence-electron chi connectivity index (χ1n) is 6.94. The van der Waals surface area contributed by atoms with Crippen molar-refractivity contribution in [2.45, 2.75) is 56.9 Å². The summed E-state index contributed by atoms with van der Waals surface area (Å²) in [5, 5.41) is 3.83. The molecular formula is C13H25NO2S. The molecule has 4 unspecified atom stereocenters. The van der Waals surface area contributed by atoms with Crippen molar-refractivity contribution in [2.75, 3.05) is 18.9 Å². The summed E-state index contributed by atoms with van der Waals surface area (Å²) in [6, 6.07) is 0.476. The zero-order valence-corrected chi connectivity index (χ0v) is 11.8. The average Bonchev–Trinajstić information content (AvgIpc) is 3.06. The predicted octanol–water partition coefficient (Wildman–Crippen LogP) is 1.69. The van der Waals surface area contributed by atoms with Crippen molar-refractivity contribution in [1.82, 2.24) is 5.32 Å². The molecule has 2 rings (SSSR count). The third kappa shape index (κ3) is 3.76. The van der Waals surface area contributed by atoms with E-state index in [0.29, 0.717) is 6.04 Å². The van der Waals surface area contributed by atoms with Crippen molar-refractivity contribution in [2.24, 2.45) is 5.92 Å².